The van der Waals surface area contributed by atoms with Crippen molar-refractivity contribution in [1.82, 2.24) is 18.7 Å². The van der Waals surface area contributed by atoms with Crippen LogP contribution in [0.5, 0.6) is 0 Å². The number of rotatable bonds is 6. The summed E-state index contributed by atoms with van der Waals surface area (Å²) in [5.74, 6) is 0.404. The van der Waals surface area contributed by atoms with Crippen LogP contribution in [0.2, 0.25) is 5.02 Å². The summed E-state index contributed by atoms with van der Waals surface area (Å²) >= 11 is 13.2. The Hall–Kier alpha value is -1.74. The molecule has 2 aromatic heterocycles. The van der Waals surface area contributed by atoms with Gasteiger partial charge in [0.2, 0.25) is 0 Å². The highest BCUT2D eigenvalue weighted by Gasteiger charge is 2.20. The van der Waals surface area contributed by atoms with Crippen molar-refractivity contribution in [3.63, 3.8) is 0 Å². The summed E-state index contributed by atoms with van der Waals surface area (Å²) in [4.78, 5) is 29.5. The second-order valence-electron chi connectivity index (χ2n) is 6.07. The highest BCUT2D eigenvalue weighted by Crippen LogP contribution is 2.25. The van der Waals surface area contributed by atoms with Crippen molar-refractivity contribution in [3.8, 4) is 0 Å². The maximum absolute atomic E-state index is 12.8. The van der Waals surface area contributed by atoms with E-state index in [0.29, 0.717) is 28.0 Å². The van der Waals surface area contributed by atoms with Gasteiger partial charge in [-0.15, -0.1) is 11.6 Å². The first-order valence-corrected chi connectivity index (χ1v) is 10.0. The molecule has 1 aromatic carbocycles. The normalized spacial score (nSPS) is 12.6. The zero-order valence-corrected chi connectivity index (χ0v) is 17.1. The third-order valence-electron chi connectivity index (χ3n) is 4.18. The van der Waals surface area contributed by atoms with E-state index in [-0.39, 0.29) is 11.5 Å². The van der Waals surface area contributed by atoms with Gasteiger partial charge in [-0.3, -0.25) is 13.9 Å². The van der Waals surface area contributed by atoms with E-state index >= 15 is 0 Å². The van der Waals surface area contributed by atoms with Crippen LogP contribution in [-0.4, -0.2) is 41.5 Å². The average Bonchev–Trinajstić information content (AvgIpc) is 3.03. The Morgan fingerprint density at radius 2 is 1.93 bits per heavy atom. The monoisotopic (exact) mass is 428 g/mol. The van der Waals surface area contributed by atoms with Crippen LogP contribution in [0.4, 0.5) is 0 Å². The van der Waals surface area contributed by atoms with Gasteiger partial charge >= 0.3 is 5.69 Å². The maximum Gasteiger partial charge on any atom is 0.332 e. The largest absolute Gasteiger partial charge is 0.391 e. The number of imidazole rings is 1. The van der Waals surface area contributed by atoms with Crippen molar-refractivity contribution >= 4 is 46.1 Å². The van der Waals surface area contributed by atoms with Gasteiger partial charge in [0.25, 0.3) is 5.56 Å². The lowest BCUT2D eigenvalue weighted by atomic mass is 10.2. The Morgan fingerprint density at radius 1 is 1.22 bits per heavy atom. The van der Waals surface area contributed by atoms with E-state index in [2.05, 4.69) is 4.98 Å². The van der Waals surface area contributed by atoms with E-state index in [9.17, 15) is 14.7 Å². The number of benzene rings is 1. The number of nitrogens with zero attached hydrogens (tertiary/aromatic N) is 4. The summed E-state index contributed by atoms with van der Waals surface area (Å²) in [6.45, 7) is 0.308. The first kappa shape index (κ1) is 20.0. The van der Waals surface area contributed by atoms with Crippen molar-refractivity contribution in [2.24, 2.45) is 14.1 Å². The highest BCUT2D eigenvalue weighted by molar-refractivity contribution is 7.99. The molecule has 0 spiro atoms. The number of halogens is 2. The van der Waals surface area contributed by atoms with Crippen LogP contribution in [-0.2, 0) is 20.6 Å². The fourth-order valence-corrected chi connectivity index (χ4v) is 4.05. The summed E-state index contributed by atoms with van der Waals surface area (Å²) in [6.07, 6.45) is -0.711. The predicted octanol–water partition coefficient (Wildman–Crippen LogP) is 1.83. The summed E-state index contributed by atoms with van der Waals surface area (Å²) in [5, 5.41) is 10.9. The number of aliphatic hydroxyl groups excluding tert-OH is 1. The molecule has 1 N–H and O–H groups in total. The van der Waals surface area contributed by atoms with Gasteiger partial charge < -0.3 is 9.67 Å². The minimum atomic E-state index is -0.711. The van der Waals surface area contributed by atoms with E-state index in [1.54, 1.807) is 17.7 Å². The quantitative estimate of drug-likeness (QED) is 0.478. The zero-order chi connectivity index (χ0) is 19.7. The number of thioether (sulfide) groups is 1. The second-order valence-corrected chi connectivity index (χ2v) is 7.77. The van der Waals surface area contributed by atoms with Crippen molar-refractivity contribution in [2.45, 2.75) is 17.8 Å². The topological polar surface area (TPSA) is 82.1 Å². The highest BCUT2D eigenvalue weighted by atomic mass is 35.5. The molecule has 1 atom stereocenters. The van der Waals surface area contributed by atoms with Gasteiger partial charge in [-0.05, 0) is 11.6 Å². The number of aryl methyl sites for hydroxylation is 1. The van der Waals surface area contributed by atoms with Gasteiger partial charge in [-0.2, -0.15) is 0 Å². The number of hydrogen-bond acceptors (Lipinski definition) is 5. The van der Waals surface area contributed by atoms with Gasteiger partial charge in [-0.1, -0.05) is 41.6 Å². The number of fused-ring (bicyclic) bond motifs is 1. The first-order chi connectivity index (χ1) is 12.8. The molecular formula is C17H18Cl2N4O3S. The number of hydrogen-bond donors (Lipinski definition) is 1. The number of alkyl halides is 1. The molecule has 0 aliphatic heterocycles. The van der Waals surface area contributed by atoms with E-state index in [1.807, 2.05) is 18.2 Å². The maximum atomic E-state index is 12.8. The van der Waals surface area contributed by atoms with Crippen molar-refractivity contribution in [3.05, 3.63) is 55.7 Å². The fourth-order valence-electron chi connectivity index (χ4n) is 2.70. The Kier molecular flexibility index (Phi) is 6.00. The lowest BCUT2D eigenvalue weighted by Gasteiger charge is -2.11. The van der Waals surface area contributed by atoms with E-state index in [0.717, 1.165) is 10.1 Å². The van der Waals surface area contributed by atoms with E-state index < -0.39 is 17.4 Å². The lowest BCUT2D eigenvalue weighted by Crippen LogP contribution is -2.37. The Morgan fingerprint density at radius 3 is 2.59 bits per heavy atom. The summed E-state index contributed by atoms with van der Waals surface area (Å²) < 4.78 is 4.11. The molecule has 27 heavy (non-hydrogen) atoms. The molecule has 0 aliphatic rings. The van der Waals surface area contributed by atoms with E-state index in [4.69, 9.17) is 23.2 Å². The van der Waals surface area contributed by atoms with Gasteiger partial charge in [0.15, 0.2) is 16.3 Å². The average molecular weight is 429 g/mol. The summed E-state index contributed by atoms with van der Waals surface area (Å²) in [7, 11) is 3.00. The molecule has 0 radical (unpaired) electrons. The molecule has 144 valence electrons. The molecule has 10 heteroatoms. The summed E-state index contributed by atoms with van der Waals surface area (Å²) in [5.41, 5.74) is 0.527. The SMILES string of the molecule is Cn1c(=O)c2c(nc(SC[C@@H](O)CCl)n2Cc2ccccc2Cl)n(C)c1=O. The summed E-state index contributed by atoms with van der Waals surface area (Å²) in [6, 6.07) is 7.32. The molecule has 0 bridgehead atoms. The van der Waals surface area contributed by atoms with Crippen LogP contribution in [0, 0.1) is 0 Å². The minimum absolute atomic E-state index is 0.0952. The number of aromatic nitrogens is 4. The fraction of sp³-hybridized carbons (Fsp3) is 0.353. The van der Waals surface area contributed by atoms with Crippen LogP contribution in [0.3, 0.4) is 0 Å². The van der Waals surface area contributed by atoms with Crippen LogP contribution >= 0.6 is 35.0 Å². The second kappa shape index (κ2) is 8.10. The van der Waals surface area contributed by atoms with E-state index in [1.165, 1.54) is 23.4 Å². The smallest absolute Gasteiger partial charge is 0.332 e. The molecule has 2 heterocycles. The lowest BCUT2D eigenvalue weighted by molar-refractivity contribution is 0.223. The van der Waals surface area contributed by atoms with Crippen molar-refractivity contribution in [2.75, 3.05) is 11.6 Å². The first-order valence-electron chi connectivity index (χ1n) is 8.11. The predicted molar refractivity (Wildman–Crippen MR) is 108 cm³/mol. The molecule has 3 aromatic rings. The van der Waals surface area contributed by atoms with Crippen molar-refractivity contribution in [1.29, 1.82) is 0 Å². The molecule has 0 aliphatic carbocycles. The van der Waals surface area contributed by atoms with Gasteiger partial charge in [-0.25, -0.2) is 9.78 Å². The van der Waals surface area contributed by atoms with Crippen LogP contribution in [0.25, 0.3) is 11.2 Å². The molecule has 7 nitrogen and oxygen atoms in total. The van der Waals surface area contributed by atoms with Gasteiger partial charge in [0.05, 0.1) is 12.6 Å². The molecule has 0 fully saturated rings. The third-order valence-corrected chi connectivity index (χ3v) is 6.03. The molecule has 0 saturated heterocycles. The van der Waals surface area contributed by atoms with Crippen LogP contribution in [0.15, 0.2) is 39.0 Å². The zero-order valence-electron chi connectivity index (χ0n) is 14.7. The van der Waals surface area contributed by atoms with Gasteiger partial charge in [0.1, 0.15) is 0 Å². The minimum Gasteiger partial charge on any atom is -0.391 e. The standard InChI is InChI=1S/C17H18Cl2N4O3S/c1-21-14-13(15(25)22(2)17(21)26)23(8-10-5-3-4-6-12(10)19)16(20-14)27-9-11(24)7-18/h3-6,11,24H,7-9H2,1-2H3/t11-/m0/s1. The third kappa shape index (κ3) is 3.80. The molecule has 0 saturated carbocycles. The molecule has 0 unspecified atom stereocenters. The Labute approximate surface area is 169 Å². The molecular weight excluding hydrogens is 411 g/mol. The Balaban J connectivity index is 2.22. The molecule has 0 amide bonds. The molecule has 3 rings (SSSR count). The Bertz CT molecular complexity index is 1110. The van der Waals surface area contributed by atoms with Crippen LogP contribution in [0.1, 0.15) is 5.56 Å². The van der Waals surface area contributed by atoms with Crippen LogP contribution < -0.4 is 11.2 Å². The van der Waals surface area contributed by atoms with Crippen molar-refractivity contribution < 1.29 is 5.11 Å². The number of aliphatic hydroxyl groups is 1. The van der Waals surface area contributed by atoms with Gasteiger partial charge in [0, 0.05) is 30.8 Å².